The largest absolute Gasteiger partial charge is 0.326 e. The van der Waals surface area contributed by atoms with E-state index < -0.39 is 10.1 Å². The van der Waals surface area contributed by atoms with Crippen LogP contribution in [0, 0.1) is 0 Å². The number of nitrogens with two attached hydrogens (primary N) is 1. The summed E-state index contributed by atoms with van der Waals surface area (Å²) in [5, 5.41) is 0. The molecule has 0 radical (unpaired) electrons. The summed E-state index contributed by atoms with van der Waals surface area (Å²) in [6, 6.07) is 0. The maximum Gasteiger partial charge on any atom is 0.264 e. The lowest BCUT2D eigenvalue weighted by atomic mass is 9.97. The Bertz CT molecular complexity index is 321. The van der Waals surface area contributed by atoms with Crippen LogP contribution in [0.2, 0.25) is 0 Å². The van der Waals surface area contributed by atoms with Gasteiger partial charge in [-0.3, -0.25) is 4.55 Å². The lowest BCUT2D eigenvalue weighted by Gasteiger charge is -2.17. The lowest BCUT2D eigenvalue weighted by Crippen LogP contribution is -2.31. The van der Waals surface area contributed by atoms with Crippen LogP contribution in [0.1, 0.15) is 98.3 Å². The molecule has 0 unspecified atom stereocenters. The van der Waals surface area contributed by atoms with Crippen molar-refractivity contribution in [1.29, 1.82) is 0 Å². The highest BCUT2D eigenvalue weighted by atomic mass is 32.2. The van der Waals surface area contributed by atoms with Crippen LogP contribution in [-0.4, -0.2) is 24.3 Å². The molecule has 0 saturated heterocycles. The van der Waals surface area contributed by atoms with Crippen molar-refractivity contribution in [2.45, 2.75) is 104 Å². The molecule has 0 aromatic rings. The van der Waals surface area contributed by atoms with Crippen LogP contribution in [0.4, 0.5) is 0 Å². The van der Waals surface area contributed by atoms with Crippen LogP contribution >= 0.6 is 0 Å². The Morgan fingerprint density at radius 3 is 1.50 bits per heavy atom. The molecule has 0 aliphatic rings. The fraction of sp³-hybridized carbons (Fsp3) is 1.00. The average Bonchev–Trinajstić information content (AvgIpc) is 2.35. The lowest BCUT2D eigenvalue weighted by molar-refractivity contribution is 0.440. The van der Waals surface area contributed by atoms with Crippen molar-refractivity contribution < 1.29 is 13.0 Å². The zero-order chi connectivity index (χ0) is 17.5. The molecular weight excluding hydrogens is 298 g/mol. The maximum atomic E-state index is 9.79. The SMILES string of the molecule is CCCCCCCCCCCC(C)(C)N.CCCS(=O)(=O)O. The van der Waals surface area contributed by atoms with Crippen LogP contribution in [0.3, 0.4) is 0 Å². The van der Waals surface area contributed by atoms with Gasteiger partial charge < -0.3 is 5.73 Å². The summed E-state index contributed by atoms with van der Waals surface area (Å²) in [7, 11) is -3.67. The fourth-order valence-electron chi connectivity index (χ4n) is 2.15. The second kappa shape index (κ2) is 14.5. The zero-order valence-corrected chi connectivity index (χ0v) is 16.1. The minimum atomic E-state index is -3.67. The molecule has 3 N–H and O–H groups in total. The van der Waals surface area contributed by atoms with E-state index in [0.29, 0.717) is 6.42 Å². The summed E-state index contributed by atoms with van der Waals surface area (Å²) in [6.45, 7) is 8.21. The van der Waals surface area contributed by atoms with Crippen LogP contribution in [0.15, 0.2) is 0 Å². The molecule has 0 rings (SSSR count). The van der Waals surface area contributed by atoms with Gasteiger partial charge in [0.05, 0.1) is 5.75 Å². The highest BCUT2D eigenvalue weighted by molar-refractivity contribution is 7.85. The standard InChI is InChI=1S/C14H31N.C3H8O3S/c1-4-5-6-7-8-9-10-11-12-13-14(2,3)15;1-2-3-7(4,5)6/h4-13,15H2,1-3H3;2-3H2,1H3,(H,4,5,6). The molecule has 136 valence electrons. The van der Waals surface area contributed by atoms with E-state index in [1.807, 2.05) is 0 Å². The Morgan fingerprint density at radius 1 is 0.818 bits per heavy atom. The van der Waals surface area contributed by atoms with Gasteiger partial charge in [-0.15, -0.1) is 0 Å². The van der Waals surface area contributed by atoms with Crippen LogP contribution in [0.5, 0.6) is 0 Å². The van der Waals surface area contributed by atoms with Gasteiger partial charge >= 0.3 is 0 Å². The number of hydrogen-bond acceptors (Lipinski definition) is 3. The van der Waals surface area contributed by atoms with Crippen molar-refractivity contribution in [3.63, 3.8) is 0 Å². The first-order valence-electron chi connectivity index (χ1n) is 8.86. The smallest absolute Gasteiger partial charge is 0.264 e. The average molecular weight is 338 g/mol. The minimum Gasteiger partial charge on any atom is -0.326 e. The number of unbranched alkanes of at least 4 members (excludes halogenated alkanes) is 8. The van der Waals surface area contributed by atoms with E-state index in [-0.39, 0.29) is 11.3 Å². The van der Waals surface area contributed by atoms with Gasteiger partial charge in [0.15, 0.2) is 0 Å². The van der Waals surface area contributed by atoms with Gasteiger partial charge in [0, 0.05) is 5.54 Å². The van der Waals surface area contributed by atoms with E-state index in [1.54, 1.807) is 6.92 Å². The van der Waals surface area contributed by atoms with Gasteiger partial charge in [0.1, 0.15) is 0 Å². The van der Waals surface area contributed by atoms with Gasteiger partial charge in [0.25, 0.3) is 10.1 Å². The van der Waals surface area contributed by atoms with E-state index in [2.05, 4.69) is 20.8 Å². The molecule has 0 atom stereocenters. The van der Waals surface area contributed by atoms with Crippen molar-refractivity contribution in [1.82, 2.24) is 0 Å². The van der Waals surface area contributed by atoms with E-state index >= 15 is 0 Å². The molecule has 4 nitrogen and oxygen atoms in total. The molecule has 0 aromatic heterocycles. The minimum absolute atomic E-state index is 0.0428. The molecule has 0 bridgehead atoms. The summed E-state index contributed by atoms with van der Waals surface area (Å²) in [4.78, 5) is 0. The van der Waals surface area contributed by atoms with Gasteiger partial charge in [-0.1, -0.05) is 71.6 Å². The molecule has 0 aliphatic carbocycles. The first-order valence-corrected chi connectivity index (χ1v) is 10.5. The van der Waals surface area contributed by atoms with Crippen molar-refractivity contribution >= 4 is 10.1 Å². The maximum absolute atomic E-state index is 9.79. The van der Waals surface area contributed by atoms with E-state index in [0.717, 1.165) is 0 Å². The molecule has 22 heavy (non-hydrogen) atoms. The molecule has 0 aliphatic heterocycles. The molecule has 0 saturated carbocycles. The summed E-state index contributed by atoms with van der Waals surface area (Å²) in [5.41, 5.74) is 5.97. The molecule has 0 amide bonds. The number of hydrogen-bond donors (Lipinski definition) is 2. The molecular formula is C17H39NO3S. The molecule has 0 heterocycles. The summed E-state index contributed by atoms with van der Waals surface area (Å²) in [5.74, 6) is -0.132. The monoisotopic (exact) mass is 337 g/mol. The Hall–Kier alpha value is -0.130. The van der Waals surface area contributed by atoms with E-state index in [9.17, 15) is 8.42 Å². The van der Waals surface area contributed by atoms with Gasteiger partial charge in [-0.2, -0.15) is 8.42 Å². The first-order chi connectivity index (χ1) is 10.1. The molecule has 0 fully saturated rings. The summed E-state index contributed by atoms with van der Waals surface area (Å²) in [6.07, 6.45) is 14.2. The van der Waals surface area contributed by atoms with Crippen LogP contribution in [0.25, 0.3) is 0 Å². The highest BCUT2D eigenvalue weighted by Crippen LogP contribution is 2.13. The summed E-state index contributed by atoms with van der Waals surface area (Å²) < 4.78 is 27.6. The molecule has 5 heteroatoms. The van der Waals surface area contributed by atoms with Crippen LogP contribution < -0.4 is 5.73 Å². The Labute approximate surface area is 139 Å². The molecule has 0 aromatic carbocycles. The van der Waals surface area contributed by atoms with Crippen molar-refractivity contribution in [3.05, 3.63) is 0 Å². The van der Waals surface area contributed by atoms with E-state index in [1.165, 1.54) is 64.2 Å². The Kier molecular flexibility index (Phi) is 15.9. The second-order valence-corrected chi connectivity index (χ2v) is 8.43. The summed E-state index contributed by atoms with van der Waals surface area (Å²) >= 11 is 0. The third-order valence-electron chi connectivity index (χ3n) is 3.39. The Morgan fingerprint density at radius 2 is 1.23 bits per heavy atom. The van der Waals surface area contributed by atoms with Crippen molar-refractivity contribution in [2.24, 2.45) is 5.73 Å². The normalized spacial score (nSPS) is 11.9. The predicted molar refractivity (Wildman–Crippen MR) is 96.8 cm³/mol. The van der Waals surface area contributed by atoms with Gasteiger partial charge in [0.2, 0.25) is 0 Å². The second-order valence-electron chi connectivity index (χ2n) is 6.85. The van der Waals surface area contributed by atoms with Crippen molar-refractivity contribution in [2.75, 3.05) is 5.75 Å². The van der Waals surface area contributed by atoms with Crippen molar-refractivity contribution in [3.8, 4) is 0 Å². The third kappa shape index (κ3) is 28.1. The van der Waals surface area contributed by atoms with E-state index in [4.69, 9.17) is 10.3 Å². The van der Waals surface area contributed by atoms with Crippen LogP contribution in [-0.2, 0) is 10.1 Å². The van der Waals surface area contributed by atoms with Gasteiger partial charge in [-0.05, 0) is 26.7 Å². The zero-order valence-electron chi connectivity index (χ0n) is 15.2. The predicted octanol–water partition coefficient (Wildman–Crippen LogP) is 4.93. The van der Waals surface area contributed by atoms with Gasteiger partial charge in [-0.25, -0.2) is 0 Å². The first kappa shape index (κ1) is 24.1. The highest BCUT2D eigenvalue weighted by Gasteiger charge is 2.08. The quantitative estimate of drug-likeness (QED) is 0.391. The fourth-order valence-corrected chi connectivity index (χ4v) is 2.67. The molecule has 0 spiro atoms. The Balaban J connectivity index is 0. The number of rotatable bonds is 12. The topological polar surface area (TPSA) is 80.4 Å². The third-order valence-corrected chi connectivity index (χ3v) is 4.31.